The van der Waals surface area contributed by atoms with Crippen molar-refractivity contribution in [2.45, 2.75) is 20.3 Å². The fourth-order valence-corrected chi connectivity index (χ4v) is 0.914. The Balaban J connectivity index is 2.73. The summed E-state index contributed by atoms with van der Waals surface area (Å²) < 4.78 is 5.28. The average molecular weight is 179 g/mol. The molecular formula is C10H13NO2. The van der Waals surface area contributed by atoms with Gasteiger partial charge in [-0.2, -0.15) is 0 Å². The van der Waals surface area contributed by atoms with E-state index in [2.05, 4.69) is 4.98 Å². The zero-order valence-electron chi connectivity index (χ0n) is 7.91. The van der Waals surface area contributed by atoms with Gasteiger partial charge in [0, 0.05) is 17.8 Å². The summed E-state index contributed by atoms with van der Waals surface area (Å²) in [5.74, 6) is 0.554. The highest BCUT2D eigenvalue weighted by Gasteiger charge is 2.01. The first-order valence-electron chi connectivity index (χ1n) is 4.34. The molecule has 0 saturated carbocycles. The van der Waals surface area contributed by atoms with Crippen LogP contribution in [0.4, 0.5) is 0 Å². The molecule has 0 fully saturated rings. The molecule has 0 spiro atoms. The second kappa shape index (κ2) is 4.60. The number of nitrogens with zero attached hydrogens (tertiary/aromatic N) is 1. The van der Waals surface area contributed by atoms with Gasteiger partial charge in [-0.3, -0.25) is 4.79 Å². The van der Waals surface area contributed by atoms with Gasteiger partial charge in [-0.1, -0.05) is 6.92 Å². The van der Waals surface area contributed by atoms with Gasteiger partial charge in [0.15, 0.2) is 5.78 Å². The number of carbonyl (C=O) groups is 1. The van der Waals surface area contributed by atoms with Crippen LogP contribution in [0.25, 0.3) is 0 Å². The molecule has 1 aromatic rings. The van der Waals surface area contributed by atoms with Gasteiger partial charge in [0.05, 0.1) is 6.61 Å². The van der Waals surface area contributed by atoms with Crippen LogP contribution in [0.5, 0.6) is 5.88 Å². The van der Waals surface area contributed by atoms with Crippen molar-refractivity contribution in [3.63, 3.8) is 0 Å². The van der Waals surface area contributed by atoms with E-state index in [0.717, 1.165) is 6.42 Å². The molecular weight excluding hydrogens is 166 g/mol. The Morgan fingerprint density at radius 2 is 2.38 bits per heavy atom. The van der Waals surface area contributed by atoms with Gasteiger partial charge in [-0.15, -0.1) is 0 Å². The second-order valence-corrected chi connectivity index (χ2v) is 2.79. The lowest BCUT2D eigenvalue weighted by Gasteiger charge is -2.03. The van der Waals surface area contributed by atoms with Gasteiger partial charge in [0.1, 0.15) is 0 Å². The standard InChI is InChI=1S/C10H13NO2/c1-3-6-13-10-7-9(8(2)12)4-5-11-10/h4-5,7H,3,6H2,1-2H3. The topological polar surface area (TPSA) is 39.2 Å². The van der Waals surface area contributed by atoms with E-state index in [9.17, 15) is 4.79 Å². The van der Waals surface area contributed by atoms with Gasteiger partial charge < -0.3 is 4.74 Å². The predicted molar refractivity (Wildman–Crippen MR) is 50.0 cm³/mol. The summed E-state index contributed by atoms with van der Waals surface area (Å²) in [5.41, 5.74) is 0.640. The number of rotatable bonds is 4. The minimum Gasteiger partial charge on any atom is -0.478 e. The van der Waals surface area contributed by atoms with Crippen LogP contribution in [0.2, 0.25) is 0 Å². The van der Waals surface area contributed by atoms with Gasteiger partial charge in [0.25, 0.3) is 0 Å². The Morgan fingerprint density at radius 1 is 1.62 bits per heavy atom. The molecule has 0 N–H and O–H groups in total. The van der Waals surface area contributed by atoms with Crippen molar-refractivity contribution in [1.82, 2.24) is 4.98 Å². The number of Topliss-reactive ketones (excluding diaryl/α,β-unsaturated/α-hetero) is 1. The van der Waals surface area contributed by atoms with Crippen LogP contribution < -0.4 is 4.74 Å². The van der Waals surface area contributed by atoms with E-state index >= 15 is 0 Å². The highest BCUT2D eigenvalue weighted by molar-refractivity contribution is 5.94. The lowest BCUT2D eigenvalue weighted by Crippen LogP contribution is -1.99. The van der Waals surface area contributed by atoms with Crippen molar-refractivity contribution >= 4 is 5.78 Å². The molecule has 1 rings (SSSR count). The van der Waals surface area contributed by atoms with E-state index in [0.29, 0.717) is 18.1 Å². The molecule has 0 aromatic carbocycles. The third-order valence-corrected chi connectivity index (χ3v) is 1.60. The zero-order valence-corrected chi connectivity index (χ0v) is 7.91. The smallest absolute Gasteiger partial charge is 0.213 e. The highest BCUT2D eigenvalue weighted by atomic mass is 16.5. The summed E-state index contributed by atoms with van der Waals surface area (Å²) in [4.78, 5) is 15.0. The molecule has 0 aliphatic rings. The molecule has 13 heavy (non-hydrogen) atoms. The van der Waals surface area contributed by atoms with Gasteiger partial charge >= 0.3 is 0 Å². The maximum atomic E-state index is 11.0. The molecule has 70 valence electrons. The first-order valence-corrected chi connectivity index (χ1v) is 4.34. The first kappa shape index (κ1) is 9.71. The largest absolute Gasteiger partial charge is 0.478 e. The van der Waals surface area contributed by atoms with Gasteiger partial charge in [0.2, 0.25) is 5.88 Å². The van der Waals surface area contributed by atoms with Crippen LogP contribution in [-0.4, -0.2) is 17.4 Å². The third kappa shape index (κ3) is 2.86. The highest BCUT2D eigenvalue weighted by Crippen LogP contribution is 2.09. The van der Waals surface area contributed by atoms with Gasteiger partial charge in [-0.25, -0.2) is 4.98 Å². The molecule has 3 nitrogen and oxygen atoms in total. The van der Waals surface area contributed by atoms with E-state index in [4.69, 9.17) is 4.74 Å². The van der Waals surface area contributed by atoms with Crippen molar-refractivity contribution in [2.75, 3.05) is 6.61 Å². The molecule has 3 heteroatoms. The number of hydrogen-bond acceptors (Lipinski definition) is 3. The molecule has 0 saturated heterocycles. The van der Waals surface area contributed by atoms with Gasteiger partial charge in [-0.05, 0) is 19.4 Å². The monoisotopic (exact) mass is 179 g/mol. The minimum atomic E-state index is 0.0312. The number of hydrogen-bond donors (Lipinski definition) is 0. The molecule has 0 amide bonds. The maximum absolute atomic E-state index is 11.0. The van der Waals surface area contributed by atoms with Crippen LogP contribution in [0.1, 0.15) is 30.6 Å². The SMILES string of the molecule is CCCOc1cc(C(C)=O)ccn1. The Kier molecular flexibility index (Phi) is 3.43. The van der Waals surface area contributed by atoms with Crippen LogP contribution in [0, 0.1) is 0 Å². The lowest BCUT2D eigenvalue weighted by atomic mass is 10.2. The summed E-state index contributed by atoms with van der Waals surface area (Å²) in [6.07, 6.45) is 2.52. The molecule has 1 heterocycles. The molecule has 0 aliphatic heterocycles. The number of ether oxygens (including phenoxy) is 1. The summed E-state index contributed by atoms with van der Waals surface area (Å²) in [6.45, 7) is 4.18. The van der Waals surface area contributed by atoms with Crippen molar-refractivity contribution in [1.29, 1.82) is 0 Å². The molecule has 0 bridgehead atoms. The average Bonchev–Trinajstić information content (AvgIpc) is 2.15. The number of pyridine rings is 1. The van der Waals surface area contributed by atoms with E-state index < -0.39 is 0 Å². The summed E-state index contributed by atoms with van der Waals surface area (Å²) in [5, 5.41) is 0. The van der Waals surface area contributed by atoms with E-state index in [-0.39, 0.29) is 5.78 Å². The minimum absolute atomic E-state index is 0.0312. The van der Waals surface area contributed by atoms with Crippen LogP contribution in [0.3, 0.4) is 0 Å². The van der Waals surface area contributed by atoms with E-state index in [1.165, 1.54) is 6.92 Å². The molecule has 0 atom stereocenters. The van der Waals surface area contributed by atoms with Crippen LogP contribution in [-0.2, 0) is 0 Å². The number of ketones is 1. The molecule has 0 radical (unpaired) electrons. The van der Waals surface area contributed by atoms with Crippen molar-refractivity contribution in [3.8, 4) is 5.88 Å². The normalized spacial score (nSPS) is 9.69. The van der Waals surface area contributed by atoms with Crippen LogP contribution in [0.15, 0.2) is 18.3 Å². The number of carbonyl (C=O) groups excluding carboxylic acids is 1. The summed E-state index contributed by atoms with van der Waals surface area (Å²) in [7, 11) is 0. The fourth-order valence-electron chi connectivity index (χ4n) is 0.914. The molecule has 0 aliphatic carbocycles. The predicted octanol–water partition coefficient (Wildman–Crippen LogP) is 2.07. The fraction of sp³-hybridized carbons (Fsp3) is 0.400. The molecule has 1 aromatic heterocycles. The quantitative estimate of drug-likeness (QED) is 0.664. The first-order chi connectivity index (χ1) is 6.24. The Bertz CT molecular complexity index is 297. The summed E-state index contributed by atoms with van der Waals surface area (Å²) in [6, 6.07) is 3.35. The van der Waals surface area contributed by atoms with Crippen molar-refractivity contribution < 1.29 is 9.53 Å². The van der Waals surface area contributed by atoms with Crippen molar-refractivity contribution in [2.24, 2.45) is 0 Å². The van der Waals surface area contributed by atoms with Crippen molar-refractivity contribution in [3.05, 3.63) is 23.9 Å². The second-order valence-electron chi connectivity index (χ2n) is 2.79. The lowest BCUT2D eigenvalue weighted by molar-refractivity contribution is 0.101. The van der Waals surface area contributed by atoms with Crippen LogP contribution >= 0.6 is 0 Å². The zero-order chi connectivity index (χ0) is 9.68. The molecule has 0 unspecified atom stereocenters. The summed E-state index contributed by atoms with van der Waals surface area (Å²) >= 11 is 0. The van der Waals surface area contributed by atoms with E-state index in [1.54, 1.807) is 18.3 Å². The third-order valence-electron chi connectivity index (χ3n) is 1.60. The Labute approximate surface area is 77.8 Å². The maximum Gasteiger partial charge on any atom is 0.213 e. The Morgan fingerprint density at radius 3 is 3.00 bits per heavy atom. The number of aromatic nitrogens is 1. The van der Waals surface area contributed by atoms with E-state index in [1.807, 2.05) is 6.92 Å². The Hall–Kier alpha value is -1.38.